The van der Waals surface area contributed by atoms with Gasteiger partial charge in [0.05, 0.1) is 28.5 Å². The monoisotopic (exact) mass is 404 g/mol. The van der Waals surface area contributed by atoms with Crippen LogP contribution in [0.5, 0.6) is 0 Å². The molecule has 1 fully saturated rings. The Bertz CT molecular complexity index is 856. The Morgan fingerprint density at radius 3 is 2.50 bits per heavy atom. The zero-order valence-electron chi connectivity index (χ0n) is 17.0. The summed E-state index contributed by atoms with van der Waals surface area (Å²) in [5.74, 6) is 0.00169. The van der Waals surface area contributed by atoms with E-state index in [2.05, 4.69) is 34.4 Å². The van der Waals surface area contributed by atoms with Gasteiger partial charge in [-0.25, -0.2) is 4.98 Å². The minimum Gasteiger partial charge on any atom is -0.373 e. The lowest BCUT2D eigenvalue weighted by Gasteiger charge is -2.40. The third-order valence-electron chi connectivity index (χ3n) is 4.68. The minimum atomic E-state index is -0.240. The van der Waals surface area contributed by atoms with Crippen LogP contribution in [0.4, 0.5) is 10.8 Å². The van der Waals surface area contributed by atoms with Crippen LogP contribution < -0.4 is 10.6 Å². The molecular weight excluding hydrogens is 376 g/mol. The van der Waals surface area contributed by atoms with E-state index in [0.29, 0.717) is 5.13 Å². The number of nitrogens with zero attached hydrogens (tertiary/aromatic N) is 2. The standard InChI is InChI=1S/C20H28N4O3S/c1-11(2)18(24-9-12(3)27-13(4)10-24)19(26)23-20-22-16-7-6-15(21-14(5)25)8-17(16)28-20/h6-8,11-13,18H,9-10H2,1-5H3,(H,21,25)(H,22,23,26). The lowest BCUT2D eigenvalue weighted by Crippen LogP contribution is -2.55. The lowest BCUT2D eigenvalue weighted by atomic mass is 10.00. The van der Waals surface area contributed by atoms with Gasteiger partial charge >= 0.3 is 0 Å². The van der Waals surface area contributed by atoms with Gasteiger partial charge in [-0.05, 0) is 38.0 Å². The molecule has 0 spiro atoms. The molecule has 2 heterocycles. The fourth-order valence-corrected chi connectivity index (χ4v) is 4.68. The van der Waals surface area contributed by atoms with Gasteiger partial charge in [0.15, 0.2) is 5.13 Å². The number of morpholine rings is 1. The van der Waals surface area contributed by atoms with Crippen molar-refractivity contribution in [2.75, 3.05) is 23.7 Å². The fraction of sp³-hybridized carbons (Fsp3) is 0.550. The first kappa shape index (κ1) is 20.7. The Morgan fingerprint density at radius 2 is 1.89 bits per heavy atom. The number of rotatable bonds is 5. The van der Waals surface area contributed by atoms with E-state index in [0.717, 1.165) is 29.0 Å². The molecule has 1 saturated heterocycles. The van der Waals surface area contributed by atoms with Crippen LogP contribution in [0.25, 0.3) is 10.2 Å². The maximum absolute atomic E-state index is 13.1. The molecule has 2 aromatic rings. The Balaban J connectivity index is 1.76. The van der Waals surface area contributed by atoms with Gasteiger partial charge in [-0.2, -0.15) is 0 Å². The average molecular weight is 405 g/mol. The first-order valence-electron chi connectivity index (χ1n) is 9.61. The normalized spacial score (nSPS) is 21.6. The van der Waals surface area contributed by atoms with Crippen molar-refractivity contribution < 1.29 is 14.3 Å². The molecule has 1 aromatic heterocycles. The van der Waals surface area contributed by atoms with Crippen LogP contribution in [0.1, 0.15) is 34.6 Å². The lowest BCUT2D eigenvalue weighted by molar-refractivity contribution is -0.130. The second-order valence-corrected chi connectivity index (χ2v) is 8.80. The molecule has 2 amide bonds. The highest BCUT2D eigenvalue weighted by molar-refractivity contribution is 7.22. The third kappa shape index (κ3) is 4.87. The van der Waals surface area contributed by atoms with E-state index in [4.69, 9.17) is 4.74 Å². The Kier molecular flexibility index (Phi) is 6.32. The summed E-state index contributed by atoms with van der Waals surface area (Å²) >= 11 is 1.41. The van der Waals surface area contributed by atoms with Crippen molar-refractivity contribution in [1.29, 1.82) is 0 Å². The molecule has 3 unspecified atom stereocenters. The van der Waals surface area contributed by atoms with Crippen molar-refractivity contribution in [3.05, 3.63) is 18.2 Å². The van der Waals surface area contributed by atoms with E-state index >= 15 is 0 Å². The summed E-state index contributed by atoms with van der Waals surface area (Å²) in [4.78, 5) is 31.0. The summed E-state index contributed by atoms with van der Waals surface area (Å²) in [6.45, 7) is 11.2. The molecule has 28 heavy (non-hydrogen) atoms. The molecule has 1 aromatic carbocycles. The van der Waals surface area contributed by atoms with Gasteiger partial charge < -0.3 is 15.4 Å². The number of fused-ring (bicyclic) bond motifs is 1. The summed E-state index contributed by atoms with van der Waals surface area (Å²) in [6.07, 6.45) is 0.208. The summed E-state index contributed by atoms with van der Waals surface area (Å²) in [7, 11) is 0. The molecule has 1 aliphatic heterocycles. The van der Waals surface area contributed by atoms with Crippen molar-refractivity contribution in [2.24, 2.45) is 5.92 Å². The zero-order valence-corrected chi connectivity index (χ0v) is 17.8. The van der Waals surface area contributed by atoms with Crippen LogP contribution in [-0.2, 0) is 14.3 Å². The highest BCUT2D eigenvalue weighted by Gasteiger charge is 2.34. The highest BCUT2D eigenvalue weighted by Crippen LogP contribution is 2.29. The number of aromatic nitrogens is 1. The van der Waals surface area contributed by atoms with Gasteiger partial charge in [-0.3, -0.25) is 14.5 Å². The van der Waals surface area contributed by atoms with E-state index in [9.17, 15) is 9.59 Å². The molecule has 0 radical (unpaired) electrons. The number of nitrogens with one attached hydrogen (secondary N) is 2. The molecule has 0 aliphatic carbocycles. The number of hydrogen-bond acceptors (Lipinski definition) is 6. The van der Waals surface area contributed by atoms with Crippen molar-refractivity contribution >= 4 is 44.2 Å². The minimum absolute atomic E-state index is 0.0440. The molecule has 1 aliphatic rings. The topological polar surface area (TPSA) is 83.6 Å². The van der Waals surface area contributed by atoms with E-state index in [1.54, 1.807) is 0 Å². The first-order valence-corrected chi connectivity index (χ1v) is 10.4. The van der Waals surface area contributed by atoms with Crippen molar-refractivity contribution in [2.45, 2.75) is 52.9 Å². The number of benzene rings is 1. The van der Waals surface area contributed by atoms with E-state index in [1.165, 1.54) is 18.3 Å². The molecule has 0 bridgehead atoms. The molecule has 0 saturated carbocycles. The van der Waals surface area contributed by atoms with Crippen LogP contribution in [0.15, 0.2) is 18.2 Å². The second-order valence-electron chi connectivity index (χ2n) is 7.77. The molecule has 7 nitrogen and oxygen atoms in total. The number of anilines is 2. The summed E-state index contributed by atoms with van der Waals surface area (Å²) < 4.78 is 6.72. The van der Waals surface area contributed by atoms with Gasteiger partial charge in [0, 0.05) is 25.7 Å². The third-order valence-corrected chi connectivity index (χ3v) is 5.61. The van der Waals surface area contributed by atoms with Crippen LogP contribution in [0.2, 0.25) is 0 Å². The van der Waals surface area contributed by atoms with Crippen LogP contribution in [-0.4, -0.2) is 53.0 Å². The van der Waals surface area contributed by atoms with Crippen LogP contribution >= 0.6 is 11.3 Å². The number of thiazole rings is 1. The second kappa shape index (κ2) is 8.55. The number of ether oxygens (including phenoxy) is 1. The highest BCUT2D eigenvalue weighted by atomic mass is 32.1. The first-order chi connectivity index (χ1) is 13.2. The van der Waals surface area contributed by atoms with Crippen LogP contribution in [0, 0.1) is 5.92 Å². The maximum atomic E-state index is 13.1. The Morgan fingerprint density at radius 1 is 1.21 bits per heavy atom. The van der Waals surface area contributed by atoms with Crippen molar-refractivity contribution in [3.63, 3.8) is 0 Å². The summed E-state index contributed by atoms with van der Waals surface area (Å²) in [5.41, 5.74) is 1.52. The van der Waals surface area contributed by atoms with Gasteiger partial charge in [0.2, 0.25) is 11.8 Å². The zero-order chi connectivity index (χ0) is 20.4. The van der Waals surface area contributed by atoms with E-state index < -0.39 is 0 Å². The quantitative estimate of drug-likeness (QED) is 0.799. The van der Waals surface area contributed by atoms with Crippen molar-refractivity contribution in [3.8, 4) is 0 Å². The molecule has 152 valence electrons. The van der Waals surface area contributed by atoms with Gasteiger partial charge in [-0.1, -0.05) is 25.2 Å². The SMILES string of the molecule is CC(=O)Nc1ccc2nc(NC(=O)C(C(C)C)N3CC(C)OC(C)C3)sc2c1. The predicted molar refractivity (Wildman–Crippen MR) is 113 cm³/mol. The van der Waals surface area contributed by atoms with E-state index in [1.807, 2.05) is 32.0 Å². The number of hydrogen-bond donors (Lipinski definition) is 2. The summed E-state index contributed by atoms with van der Waals surface area (Å²) in [6, 6.07) is 5.28. The predicted octanol–water partition coefficient (Wildman–Crippen LogP) is 3.33. The van der Waals surface area contributed by atoms with E-state index in [-0.39, 0.29) is 36.0 Å². The number of carbonyl (C=O) groups is 2. The maximum Gasteiger partial charge on any atom is 0.243 e. The molecule has 8 heteroatoms. The van der Waals surface area contributed by atoms with Gasteiger partial charge in [0.25, 0.3) is 0 Å². The molecular formula is C20H28N4O3S. The Labute approximate surface area is 169 Å². The smallest absolute Gasteiger partial charge is 0.243 e. The largest absolute Gasteiger partial charge is 0.373 e. The van der Waals surface area contributed by atoms with Gasteiger partial charge in [-0.15, -0.1) is 0 Å². The van der Waals surface area contributed by atoms with Crippen LogP contribution in [0.3, 0.4) is 0 Å². The van der Waals surface area contributed by atoms with Gasteiger partial charge in [0.1, 0.15) is 0 Å². The average Bonchev–Trinajstić information content (AvgIpc) is 2.94. The number of amides is 2. The Hall–Kier alpha value is -2.03. The summed E-state index contributed by atoms with van der Waals surface area (Å²) in [5, 5.41) is 6.33. The molecule has 2 N–H and O–H groups in total. The molecule has 3 rings (SSSR count). The molecule has 3 atom stereocenters. The fourth-order valence-electron chi connectivity index (χ4n) is 3.77. The number of carbonyl (C=O) groups excluding carboxylic acids is 2. The van der Waals surface area contributed by atoms with Crippen molar-refractivity contribution in [1.82, 2.24) is 9.88 Å².